The van der Waals surface area contributed by atoms with Gasteiger partial charge >= 0.3 is 0 Å². The van der Waals surface area contributed by atoms with E-state index in [4.69, 9.17) is 0 Å². The van der Waals surface area contributed by atoms with Crippen molar-refractivity contribution < 1.29 is 18.3 Å². The predicted octanol–water partition coefficient (Wildman–Crippen LogP) is 5.62. The van der Waals surface area contributed by atoms with Crippen molar-refractivity contribution in [2.24, 2.45) is 10.2 Å². The number of sulfonamides is 1. The molecule has 0 atom stereocenters. The van der Waals surface area contributed by atoms with Gasteiger partial charge in [-0.15, -0.1) is 0 Å². The van der Waals surface area contributed by atoms with Gasteiger partial charge in [0, 0.05) is 6.20 Å². The SMILES string of the molecule is CC(=O)c1cc(N=Nc2ccc(S(=O)(=O)Nc3ccccn3)cc2)ccc1O.CCC. The van der Waals surface area contributed by atoms with Crippen LogP contribution in [0.25, 0.3) is 0 Å². The number of rotatable bonds is 6. The molecular weight excluding hydrogens is 416 g/mol. The van der Waals surface area contributed by atoms with Crippen molar-refractivity contribution in [3.8, 4) is 5.75 Å². The van der Waals surface area contributed by atoms with E-state index >= 15 is 0 Å². The van der Waals surface area contributed by atoms with Crippen LogP contribution < -0.4 is 4.72 Å². The smallest absolute Gasteiger partial charge is 0.263 e. The van der Waals surface area contributed by atoms with Gasteiger partial charge in [0.25, 0.3) is 10.0 Å². The Kier molecular flexibility index (Phi) is 8.39. The second kappa shape index (κ2) is 11.0. The Hall–Kier alpha value is -3.59. The average molecular weight is 441 g/mol. The second-order valence-electron chi connectivity index (χ2n) is 6.48. The fourth-order valence-electron chi connectivity index (χ4n) is 2.30. The maximum atomic E-state index is 12.4. The lowest BCUT2D eigenvalue weighted by Gasteiger charge is -2.07. The van der Waals surface area contributed by atoms with Crippen LogP contribution in [0.3, 0.4) is 0 Å². The Labute approximate surface area is 181 Å². The number of aromatic hydroxyl groups is 1. The Bertz CT molecular complexity index is 1150. The molecule has 0 aliphatic heterocycles. The summed E-state index contributed by atoms with van der Waals surface area (Å²) in [7, 11) is -3.77. The molecule has 162 valence electrons. The summed E-state index contributed by atoms with van der Waals surface area (Å²) in [6.07, 6.45) is 2.74. The molecule has 1 heterocycles. The quantitative estimate of drug-likeness (QED) is 0.380. The molecule has 2 aromatic carbocycles. The number of anilines is 1. The summed E-state index contributed by atoms with van der Waals surface area (Å²) in [4.78, 5) is 15.4. The van der Waals surface area contributed by atoms with Crippen LogP contribution >= 0.6 is 0 Å². The second-order valence-corrected chi connectivity index (χ2v) is 8.16. The molecule has 3 rings (SSSR count). The topological polar surface area (TPSA) is 121 Å². The fraction of sp³-hybridized carbons (Fsp3) is 0.182. The number of phenols is 1. The summed E-state index contributed by atoms with van der Waals surface area (Å²) in [6, 6.07) is 15.0. The van der Waals surface area contributed by atoms with Crippen molar-refractivity contribution in [2.75, 3.05) is 4.72 Å². The summed E-state index contributed by atoms with van der Waals surface area (Å²) in [6.45, 7) is 5.59. The maximum absolute atomic E-state index is 12.4. The minimum atomic E-state index is -3.77. The van der Waals surface area contributed by atoms with Gasteiger partial charge in [-0.2, -0.15) is 10.2 Å². The highest BCUT2D eigenvalue weighted by Crippen LogP contribution is 2.26. The third-order valence-electron chi connectivity index (χ3n) is 3.69. The van der Waals surface area contributed by atoms with E-state index in [2.05, 4.69) is 33.8 Å². The molecule has 0 radical (unpaired) electrons. The van der Waals surface area contributed by atoms with Crippen molar-refractivity contribution in [3.63, 3.8) is 0 Å². The Morgan fingerprint density at radius 2 is 1.61 bits per heavy atom. The molecule has 0 aliphatic carbocycles. The summed E-state index contributed by atoms with van der Waals surface area (Å²) in [5, 5.41) is 17.7. The number of carbonyl (C=O) groups is 1. The molecule has 0 fully saturated rings. The van der Waals surface area contributed by atoms with Crippen molar-refractivity contribution in [3.05, 3.63) is 72.4 Å². The van der Waals surface area contributed by atoms with Crippen LogP contribution in [0.5, 0.6) is 5.75 Å². The first-order valence-electron chi connectivity index (χ1n) is 9.56. The highest BCUT2D eigenvalue weighted by atomic mass is 32.2. The van der Waals surface area contributed by atoms with Crippen LogP contribution in [0.15, 0.2) is 82.0 Å². The normalized spacial score (nSPS) is 10.9. The highest BCUT2D eigenvalue weighted by Gasteiger charge is 2.14. The first kappa shape index (κ1) is 23.7. The Balaban J connectivity index is 0.00000107. The number of hydrogen-bond donors (Lipinski definition) is 2. The largest absolute Gasteiger partial charge is 0.507 e. The van der Waals surface area contributed by atoms with Crippen molar-refractivity contribution >= 4 is 33.0 Å². The molecule has 0 aliphatic rings. The van der Waals surface area contributed by atoms with E-state index in [1.54, 1.807) is 18.2 Å². The molecule has 2 N–H and O–H groups in total. The zero-order valence-electron chi connectivity index (χ0n) is 17.5. The standard InChI is InChI=1S/C19H16N4O4S.C3H8/c1-13(24)17-12-15(7-10-18(17)25)22-21-14-5-8-16(9-6-14)28(26,27)23-19-4-2-3-11-20-19;1-3-2/h2-12,25H,1H3,(H,20,23);3H2,1-2H3. The van der Waals surface area contributed by atoms with E-state index in [9.17, 15) is 18.3 Å². The first-order valence-corrected chi connectivity index (χ1v) is 11.0. The van der Waals surface area contributed by atoms with E-state index in [0.717, 1.165) is 0 Å². The average Bonchev–Trinajstić information content (AvgIpc) is 2.74. The summed E-state index contributed by atoms with van der Waals surface area (Å²) in [5.74, 6) is -0.189. The number of benzene rings is 2. The van der Waals surface area contributed by atoms with Gasteiger partial charge in [0.05, 0.1) is 21.8 Å². The first-order chi connectivity index (χ1) is 14.8. The number of nitrogens with one attached hydrogen (secondary N) is 1. The molecule has 0 saturated heterocycles. The molecule has 0 unspecified atom stereocenters. The van der Waals surface area contributed by atoms with Gasteiger partial charge in [0.2, 0.25) is 0 Å². The molecule has 0 amide bonds. The number of nitrogens with zero attached hydrogens (tertiary/aromatic N) is 3. The predicted molar refractivity (Wildman–Crippen MR) is 120 cm³/mol. The number of ketones is 1. The third-order valence-corrected chi connectivity index (χ3v) is 5.06. The van der Waals surface area contributed by atoms with Crippen LogP contribution in [-0.2, 0) is 10.0 Å². The highest BCUT2D eigenvalue weighted by molar-refractivity contribution is 7.92. The minimum absolute atomic E-state index is 0.0561. The van der Waals surface area contributed by atoms with Gasteiger partial charge in [-0.25, -0.2) is 13.4 Å². The zero-order chi connectivity index (χ0) is 22.9. The molecule has 0 bridgehead atoms. The van der Waals surface area contributed by atoms with Gasteiger partial charge in [-0.05, 0) is 61.5 Å². The van der Waals surface area contributed by atoms with Crippen LogP contribution in [0, 0.1) is 0 Å². The lowest BCUT2D eigenvalue weighted by Crippen LogP contribution is -2.13. The van der Waals surface area contributed by atoms with E-state index in [1.165, 1.54) is 62.0 Å². The van der Waals surface area contributed by atoms with E-state index < -0.39 is 10.0 Å². The van der Waals surface area contributed by atoms with E-state index in [-0.39, 0.29) is 27.8 Å². The fourth-order valence-corrected chi connectivity index (χ4v) is 3.30. The number of Topliss-reactive ketones (excluding diaryl/α,β-unsaturated/α-hetero) is 1. The molecule has 31 heavy (non-hydrogen) atoms. The lowest BCUT2D eigenvalue weighted by molar-refractivity contribution is 0.101. The number of phenolic OH excluding ortho intramolecular Hbond substituents is 1. The number of hydrogen-bond acceptors (Lipinski definition) is 7. The monoisotopic (exact) mass is 440 g/mol. The molecule has 0 spiro atoms. The molecule has 3 aromatic rings. The molecule has 9 heteroatoms. The third kappa shape index (κ3) is 7.00. The van der Waals surface area contributed by atoms with E-state index in [1.807, 2.05) is 0 Å². The molecule has 8 nitrogen and oxygen atoms in total. The molecule has 0 saturated carbocycles. The number of carbonyl (C=O) groups excluding carboxylic acids is 1. The van der Waals surface area contributed by atoms with Crippen molar-refractivity contribution in [1.82, 2.24) is 4.98 Å². The number of pyridine rings is 1. The molecular formula is C22H24N4O4S. The summed E-state index contributed by atoms with van der Waals surface area (Å²) in [5.41, 5.74) is 0.962. The summed E-state index contributed by atoms with van der Waals surface area (Å²) < 4.78 is 27.1. The van der Waals surface area contributed by atoms with Gasteiger partial charge in [-0.1, -0.05) is 26.3 Å². The van der Waals surface area contributed by atoms with Crippen molar-refractivity contribution in [2.45, 2.75) is 32.1 Å². The van der Waals surface area contributed by atoms with Crippen LogP contribution in [-0.4, -0.2) is 24.3 Å². The van der Waals surface area contributed by atoms with Gasteiger partial charge in [0.15, 0.2) is 5.78 Å². The lowest BCUT2D eigenvalue weighted by atomic mass is 10.1. The van der Waals surface area contributed by atoms with Crippen LogP contribution in [0.4, 0.5) is 17.2 Å². The molecule has 1 aromatic heterocycles. The summed E-state index contributed by atoms with van der Waals surface area (Å²) >= 11 is 0. The van der Waals surface area contributed by atoms with Crippen LogP contribution in [0.1, 0.15) is 37.6 Å². The number of azo groups is 1. The van der Waals surface area contributed by atoms with Gasteiger partial charge < -0.3 is 5.11 Å². The van der Waals surface area contributed by atoms with Crippen molar-refractivity contribution in [1.29, 1.82) is 0 Å². The van der Waals surface area contributed by atoms with Gasteiger partial charge in [-0.3, -0.25) is 9.52 Å². The Morgan fingerprint density at radius 1 is 1.00 bits per heavy atom. The zero-order valence-corrected chi connectivity index (χ0v) is 18.3. The Morgan fingerprint density at radius 3 is 2.19 bits per heavy atom. The van der Waals surface area contributed by atoms with Gasteiger partial charge in [0.1, 0.15) is 11.6 Å². The van der Waals surface area contributed by atoms with Crippen LogP contribution in [0.2, 0.25) is 0 Å². The number of aromatic nitrogens is 1. The maximum Gasteiger partial charge on any atom is 0.263 e. The van der Waals surface area contributed by atoms with E-state index in [0.29, 0.717) is 11.4 Å². The minimum Gasteiger partial charge on any atom is -0.507 e.